The normalized spacial score (nSPS) is 12.2. The number of halogens is 1. The Hall–Kier alpha value is -2.78. The fraction of sp³-hybridized carbons (Fsp3) is 0.462. The number of anilines is 1. The van der Waals surface area contributed by atoms with Crippen molar-refractivity contribution in [1.82, 2.24) is 10.2 Å². The number of rotatable bonds is 12. The number of hydrogen-bond donors (Lipinski definition) is 1. The van der Waals surface area contributed by atoms with Crippen molar-refractivity contribution in [2.75, 3.05) is 30.8 Å². The molecule has 0 fully saturated rings. The van der Waals surface area contributed by atoms with Crippen LogP contribution in [0.4, 0.5) is 5.69 Å². The number of carbonyl (C=O) groups is 2. The number of carbonyl (C=O) groups excluding carboxylic acids is 2. The lowest BCUT2D eigenvalue weighted by atomic mass is 10.1. The fourth-order valence-corrected chi connectivity index (χ4v) is 4.69. The molecular formula is C26H36ClN3O5S. The van der Waals surface area contributed by atoms with Crippen LogP contribution in [0, 0.1) is 12.8 Å². The lowest BCUT2D eigenvalue weighted by Crippen LogP contribution is -2.52. The molecule has 0 aliphatic heterocycles. The van der Waals surface area contributed by atoms with Gasteiger partial charge in [-0.3, -0.25) is 13.9 Å². The predicted octanol–water partition coefficient (Wildman–Crippen LogP) is 4.00. The van der Waals surface area contributed by atoms with E-state index in [0.717, 1.165) is 21.7 Å². The second-order valence-electron chi connectivity index (χ2n) is 9.16. The number of hydrogen-bond acceptors (Lipinski definition) is 5. The quantitative estimate of drug-likeness (QED) is 0.441. The number of aryl methyl sites for hydroxylation is 1. The molecule has 1 atom stereocenters. The van der Waals surface area contributed by atoms with Crippen LogP contribution in [0.5, 0.6) is 5.75 Å². The first-order valence-electron chi connectivity index (χ1n) is 11.8. The number of nitrogens with zero attached hydrogens (tertiary/aromatic N) is 2. The highest BCUT2D eigenvalue weighted by Gasteiger charge is 2.32. The van der Waals surface area contributed by atoms with Crippen molar-refractivity contribution < 1.29 is 22.7 Å². The molecule has 2 aromatic carbocycles. The van der Waals surface area contributed by atoms with E-state index in [2.05, 4.69) is 5.32 Å². The van der Waals surface area contributed by atoms with Crippen LogP contribution in [0.2, 0.25) is 5.02 Å². The van der Waals surface area contributed by atoms with Crippen LogP contribution in [0.3, 0.4) is 0 Å². The molecule has 0 radical (unpaired) electrons. The third-order valence-corrected chi connectivity index (χ3v) is 7.00. The third kappa shape index (κ3) is 8.13. The molecule has 198 valence electrons. The number of sulfonamides is 1. The predicted molar refractivity (Wildman–Crippen MR) is 144 cm³/mol. The summed E-state index contributed by atoms with van der Waals surface area (Å²) in [6, 6.07) is 11.3. The summed E-state index contributed by atoms with van der Waals surface area (Å²) in [7, 11) is -2.42. The van der Waals surface area contributed by atoms with Crippen molar-refractivity contribution in [1.29, 1.82) is 0 Å². The molecule has 0 bridgehead atoms. The van der Waals surface area contributed by atoms with E-state index in [4.69, 9.17) is 16.3 Å². The molecule has 0 heterocycles. The molecule has 0 aromatic heterocycles. The Balaban J connectivity index is 2.48. The smallest absolute Gasteiger partial charge is 0.244 e. The summed E-state index contributed by atoms with van der Waals surface area (Å²) in [5.74, 6) is -0.232. The number of amides is 2. The Morgan fingerprint density at radius 3 is 2.28 bits per heavy atom. The summed E-state index contributed by atoms with van der Waals surface area (Å²) < 4.78 is 32.0. The summed E-state index contributed by atoms with van der Waals surface area (Å²) in [5, 5.41) is 3.45. The molecule has 0 saturated carbocycles. The average molecular weight is 538 g/mol. The van der Waals surface area contributed by atoms with Crippen molar-refractivity contribution in [3.8, 4) is 5.75 Å². The molecule has 8 nitrogen and oxygen atoms in total. The van der Waals surface area contributed by atoms with E-state index in [0.29, 0.717) is 23.7 Å². The first-order chi connectivity index (χ1) is 16.9. The maximum absolute atomic E-state index is 13.7. The van der Waals surface area contributed by atoms with E-state index in [-0.39, 0.29) is 24.1 Å². The first-order valence-corrected chi connectivity index (χ1v) is 14.0. The zero-order chi connectivity index (χ0) is 27.0. The molecule has 0 saturated heterocycles. The van der Waals surface area contributed by atoms with Crippen LogP contribution < -0.4 is 14.4 Å². The standard InChI is InChI=1S/C26H36ClN3O5S/c1-7-22(26(32)28-15-18(2)3)29(16-20-9-11-21(27)12-10-20)25(31)17-30(36(6,33)34)23-14-19(4)8-13-24(23)35-5/h8-14,18,22H,7,15-17H2,1-6H3,(H,28,32)/t22-/m0/s1. The van der Waals surface area contributed by atoms with Gasteiger partial charge in [-0.25, -0.2) is 8.42 Å². The molecular weight excluding hydrogens is 502 g/mol. The second-order valence-corrected chi connectivity index (χ2v) is 11.5. The van der Waals surface area contributed by atoms with Gasteiger partial charge in [-0.15, -0.1) is 0 Å². The minimum Gasteiger partial charge on any atom is -0.495 e. The molecule has 1 N–H and O–H groups in total. The van der Waals surface area contributed by atoms with E-state index >= 15 is 0 Å². The molecule has 2 aromatic rings. The highest BCUT2D eigenvalue weighted by atomic mass is 35.5. The van der Waals surface area contributed by atoms with Gasteiger partial charge >= 0.3 is 0 Å². The summed E-state index contributed by atoms with van der Waals surface area (Å²) in [6.45, 7) is 7.71. The van der Waals surface area contributed by atoms with Crippen LogP contribution in [0.1, 0.15) is 38.3 Å². The number of methoxy groups -OCH3 is 1. The van der Waals surface area contributed by atoms with Crippen LogP contribution in [0.15, 0.2) is 42.5 Å². The van der Waals surface area contributed by atoms with E-state index in [1.54, 1.807) is 42.5 Å². The van der Waals surface area contributed by atoms with E-state index in [9.17, 15) is 18.0 Å². The summed E-state index contributed by atoms with van der Waals surface area (Å²) >= 11 is 6.02. The molecule has 10 heteroatoms. The average Bonchev–Trinajstić information content (AvgIpc) is 2.81. The van der Waals surface area contributed by atoms with Gasteiger partial charge in [0.1, 0.15) is 18.3 Å². The van der Waals surface area contributed by atoms with Gasteiger partial charge in [-0.05, 0) is 54.7 Å². The SMILES string of the molecule is CC[C@@H](C(=O)NCC(C)C)N(Cc1ccc(Cl)cc1)C(=O)CN(c1cc(C)ccc1OC)S(C)(=O)=O. The largest absolute Gasteiger partial charge is 0.495 e. The molecule has 0 aliphatic rings. The van der Waals surface area contributed by atoms with Crippen LogP contribution in [-0.4, -0.2) is 57.6 Å². The van der Waals surface area contributed by atoms with Gasteiger partial charge in [0.25, 0.3) is 0 Å². The Bertz CT molecular complexity index is 1150. The minimum atomic E-state index is -3.86. The van der Waals surface area contributed by atoms with Gasteiger partial charge in [0.05, 0.1) is 19.1 Å². The first kappa shape index (κ1) is 29.5. The highest BCUT2D eigenvalue weighted by molar-refractivity contribution is 7.92. The molecule has 0 aliphatic carbocycles. The van der Waals surface area contributed by atoms with Crippen LogP contribution in [-0.2, 0) is 26.2 Å². The van der Waals surface area contributed by atoms with Gasteiger partial charge < -0.3 is 15.0 Å². The van der Waals surface area contributed by atoms with E-state index in [1.807, 2.05) is 27.7 Å². The van der Waals surface area contributed by atoms with Crippen LogP contribution in [0.25, 0.3) is 0 Å². The van der Waals surface area contributed by atoms with Crippen molar-refractivity contribution >= 4 is 39.1 Å². The van der Waals surface area contributed by atoms with Crippen molar-refractivity contribution in [3.63, 3.8) is 0 Å². The summed E-state index contributed by atoms with van der Waals surface area (Å²) in [4.78, 5) is 28.3. The van der Waals surface area contributed by atoms with Crippen molar-refractivity contribution in [2.24, 2.45) is 5.92 Å². The highest BCUT2D eigenvalue weighted by Crippen LogP contribution is 2.31. The van der Waals surface area contributed by atoms with Crippen molar-refractivity contribution in [3.05, 3.63) is 58.6 Å². The van der Waals surface area contributed by atoms with Gasteiger partial charge in [-0.2, -0.15) is 0 Å². The van der Waals surface area contributed by atoms with Gasteiger partial charge in [0.15, 0.2) is 0 Å². The third-order valence-electron chi connectivity index (χ3n) is 5.62. The molecule has 2 rings (SSSR count). The number of benzene rings is 2. The minimum absolute atomic E-state index is 0.117. The summed E-state index contributed by atoms with van der Waals surface area (Å²) in [5.41, 5.74) is 1.84. The zero-order valence-corrected chi connectivity index (χ0v) is 23.3. The molecule has 36 heavy (non-hydrogen) atoms. The Kier molecular flexibility index (Phi) is 10.6. The van der Waals surface area contributed by atoms with Crippen LogP contribution >= 0.6 is 11.6 Å². The second kappa shape index (κ2) is 13.0. The lowest BCUT2D eigenvalue weighted by molar-refractivity contribution is -0.140. The monoisotopic (exact) mass is 537 g/mol. The van der Waals surface area contributed by atoms with Crippen molar-refractivity contribution in [2.45, 2.75) is 46.7 Å². The number of nitrogens with one attached hydrogen (secondary N) is 1. The maximum atomic E-state index is 13.7. The molecule has 0 unspecified atom stereocenters. The topological polar surface area (TPSA) is 96.0 Å². The fourth-order valence-electron chi connectivity index (χ4n) is 3.72. The molecule has 0 spiro atoms. The van der Waals surface area contributed by atoms with Gasteiger partial charge in [0, 0.05) is 18.1 Å². The lowest BCUT2D eigenvalue weighted by Gasteiger charge is -2.33. The van der Waals surface area contributed by atoms with E-state index in [1.165, 1.54) is 12.0 Å². The van der Waals surface area contributed by atoms with Gasteiger partial charge in [-0.1, -0.05) is 50.6 Å². The zero-order valence-electron chi connectivity index (χ0n) is 21.7. The Labute approximate surface area is 219 Å². The maximum Gasteiger partial charge on any atom is 0.244 e. The Morgan fingerprint density at radius 2 is 1.75 bits per heavy atom. The van der Waals surface area contributed by atoms with Gasteiger partial charge in [0.2, 0.25) is 21.8 Å². The summed E-state index contributed by atoms with van der Waals surface area (Å²) in [6.07, 6.45) is 1.40. The Morgan fingerprint density at radius 1 is 1.11 bits per heavy atom. The molecule has 2 amide bonds. The number of ether oxygens (including phenoxy) is 1. The van der Waals surface area contributed by atoms with E-state index < -0.39 is 28.5 Å².